The Morgan fingerprint density at radius 2 is 2.20 bits per heavy atom. The standard InChI is InChI=1S/C13H22FN/c1-12(2,3)10-13-5-4-6-15(13)9-11(7-13)8-14/h8H,4-7,9-10H2,1-3H3/b11-8-. The Kier molecular flexibility index (Phi) is 2.66. The smallest absolute Gasteiger partial charge is 0.0872 e. The maximum Gasteiger partial charge on any atom is 0.0872 e. The van der Waals surface area contributed by atoms with Crippen LogP contribution < -0.4 is 0 Å². The van der Waals surface area contributed by atoms with Crippen molar-refractivity contribution in [1.82, 2.24) is 4.90 Å². The Balaban J connectivity index is 2.17. The van der Waals surface area contributed by atoms with Crippen molar-refractivity contribution < 1.29 is 4.39 Å². The molecule has 0 aromatic heterocycles. The van der Waals surface area contributed by atoms with Crippen LogP contribution in [-0.2, 0) is 0 Å². The number of fused-ring (bicyclic) bond motifs is 1. The maximum atomic E-state index is 12.6. The van der Waals surface area contributed by atoms with Crippen LogP contribution >= 0.6 is 0 Å². The predicted molar refractivity (Wildman–Crippen MR) is 61.4 cm³/mol. The molecule has 0 aliphatic carbocycles. The van der Waals surface area contributed by atoms with E-state index in [4.69, 9.17) is 0 Å². The second kappa shape index (κ2) is 3.58. The van der Waals surface area contributed by atoms with E-state index in [-0.39, 0.29) is 5.54 Å². The van der Waals surface area contributed by atoms with Gasteiger partial charge in [-0.15, -0.1) is 0 Å². The molecular formula is C13H22FN. The van der Waals surface area contributed by atoms with E-state index in [2.05, 4.69) is 25.7 Å². The second-order valence-electron chi connectivity index (χ2n) is 6.43. The van der Waals surface area contributed by atoms with Gasteiger partial charge < -0.3 is 0 Å². The van der Waals surface area contributed by atoms with Crippen LogP contribution in [0.25, 0.3) is 0 Å². The molecule has 0 N–H and O–H groups in total. The van der Waals surface area contributed by atoms with Crippen LogP contribution in [0.5, 0.6) is 0 Å². The van der Waals surface area contributed by atoms with Gasteiger partial charge in [-0.25, -0.2) is 4.39 Å². The molecule has 2 aliphatic rings. The lowest BCUT2D eigenvalue weighted by Gasteiger charge is -2.37. The van der Waals surface area contributed by atoms with Crippen LogP contribution in [0, 0.1) is 5.41 Å². The predicted octanol–water partition coefficient (Wildman–Crippen LogP) is 3.51. The topological polar surface area (TPSA) is 3.24 Å². The molecule has 0 spiro atoms. The van der Waals surface area contributed by atoms with E-state index >= 15 is 0 Å². The van der Waals surface area contributed by atoms with Gasteiger partial charge in [0, 0.05) is 12.1 Å². The maximum absolute atomic E-state index is 12.6. The molecule has 1 nitrogen and oxygen atoms in total. The van der Waals surface area contributed by atoms with Crippen LogP contribution in [-0.4, -0.2) is 23.5 Å². The molecule has 0 bridgehead atoms. The summed E-state index contributed by atoms with van der Waals surface area (Å²) >= 11 is 0. The molecule has 2 fully saturated rings. The summed E-state index contributed by atoms with van der Waals surface area (Å²) in [6, 6.07) is 0. The van der Waals surface area contributed by atoms with Crippen LogP contribution in [0.15, 0.2) is 11.9 Å². The van der Waals surface area contributed by atoms with Gasteiger partial charge in [0.1, 0.15) is 0 Å². The van der Waals surface area contributed by atoms with Gasteiger partial charge in [0.05, 0.1) is 6.33 Å². The number of hydrogen-bond acceptors (Lipinski definition) is 1. The second-order valence-corrected chi connectivity index (χ2v) is 6.43. The van der Waals surface area contributed by atoms with Gasteiger partial charge in [-0.1, -0.05) is 20.8 Å². The zero-order chi connectivity index (χ0) is 11.1. The van der Waals surface area contributed by atoms with E-state index in [9.17, 15) is 4.39 Å². The first kappa shape index (κ1) is 11.1. The number of nitrogens with zero attached hydrogens (tertiary/aromatic N) is 1. The highest BCUT2D eigenvalue weighted by Gasteiger charge is 2.47. The van der Waals surface area contributed by atoms with Crippen molar-refractivity contribution in [3.05, 3.63) is 11.9 Å². The van der Waals surface area contributed by atoms with Crippen LogP contribution in [0.3, 0.4) is 0 Å². The van der Waals surface area contributed by atoms with Crippen molar-refractivity contribution in [3.63, 3.8) is 0 Å². The monoisotopic (exact) mass is 211 g/mol. The first-order chi connectivity index (χ1) is 6.95. The summed E-state index contributed by atoms with van der Waals surface area (Å²) in [5.74, 6) is 0. The fraction of sp³-hybridized carbons (Fsp3) is 0.846. The molecule has 1 unspecified atom stereocenters. The van der Waals surface area contributed by atoms with Crippen molar-refractivity contribution in [1.29, 1.82) is 0 Å². The highest BCUT2D eigenvalue weighted by atomic mass is 19.1. The quantitative estimate of drug-likeness (QED) is 0.641. The molecule has 0 radical (unpaired) electrons. The van der Waals surface area contributed by atoms with Crippen molar-refractivity contribution in [3.8, 4) is 0 Å². The Morgan fingerprint density at radius 3 is 2.80 bits per heavy atom. The van der Waals surface area contributed by atoms with Gasteiger partial charge in [0.15, 0.2) is 0 Å². The van der Waals surface area contributed by atoms with E-state index < -0.39 is 0 Å². The van der Waals surface area contributed by atoms with Crippen molar-refractivity contribution in [2.45, 2.75) is 52.0 Å². The average Bonchev–Trinajstić information content (AvgIpc) is 2.56. The molecular weight excluding hydrogens is 189 g/mol. The van der Waals surface area contributed by atoms with E-state index in [1.807, 2.05) is 0 Å². The highest BCUT2D eigenvalue weighted by Crippen LogP contribution is 2.47. The fourth-order valence-electron chi connectivity index (χ4n) is 3.49. The van der Waals surface area contributed by atoms with E-state index in [1.54, 1.807) is 0 Å². The molecule has 0 saturated carbocycles. The largest absolute Gasteiger partial charge is 0.293 e. The lowest BCUT2D eigenvalue weighted by Crippen LogP contribution is -2.41. The van der Waals surface area contributed by atoms with Crippen molar-refractivity contribution in [2.75, 3.05) is 13.1 Å². The number of hydrogen-bond donors (Lipinski definition) is 0. The van der Waals surface area contributed by atoms with Gasteiger partial charge in [-0.2, -0.15) is 0 Å². The van der Waals surface area contributed by atoms with E-state index in [0.717, 1.165) is 31.4 Å². The first-order valence-corrected chi connectivity index (χ1v) is 5.98. The van der Waals surface area contributed by atoms with Gasteiger partial charge in [-0.05, 0) is 43.2 Å². The number of rotatable bonds is 1. The SMILES string of the molecule is CC(C)(C)CC12CCCN1C/C(=C\F)C2. The summed E-state index contributed by atoms with van der Waals surface area (Å²) in [6.07, 6.45) is 5.53. The number of halogens is 1. The minimum atomic E-state index is 0.288. The minimum absolute atomic E-state index is 0.288. The van der Waals surface area contributed by atoms with E-state index in [1.165, 1.54) is 19.3 Å². The minimum Gasteiger partial charge on any atom is -0.293 e. The summed E-state index contributed by atoms with van der Waals surface area (Å²) in [5, 5.41) is 0. The molecule has 2 saturated heterocycles. The molecule has 1 atom stereocenters. The summed E-state index contributed by atoms with van der Waals surface area (Å²) in [4.78, 5) is 2.50. The summed E-state index contributed by atoms with van der Waals surface area (Å²) in [6.45, 7) is 8.89. The third-order valence-corrected chi connectivity index (χ3v) is 3.70. The average molecular weight is 211 g/mol. The van der Waals surface area contributed by atoms with E-state index in [0.29, 0.717) is 5.41 Å². The molecule has 2 rings (SSSR count). The zero-order valence-electron chi connectivity index (χ0n) is 10.1. The molecule has 0 aromatic carbocycles. The first-order valence-electron chi connectivity index (χ1n) is 5.98. The zero-order valence-corrected chi connectivity index (χ0v) is 10.1. The van der Waals surface area contributed by atoms with Gasteiger partial charge in [0.2, 0.25) is 0 Å². The normalized spacial score (nSPS) is 35.1. The van der Waals surface area contributed by atoms with Crippen LogP contribution in [0.4, 0.5) is 4.39 Å². The van der Waals surface area contributed by atoms with Gasteiger partial charge in [0.25, 0.3) is 0 Å². The molecule has 86 valence electrons. The summed E-state index contributed by atoms with van der Waals surface area (Å²) in [7, 11) is 0. The Morgan fingerprint density at radius 1 is 1.47 bits per heavy atom. The summed E-state index contributed by atoms with van der Waals surface area (Å²) in [5.41, 5.74) is 1.63. The molecule has 0 amide bonds. The molecule has 2 heterocycles. The van der Waals surface area contributed by atoms with Crippen LogP contribution in [0.2, 0.25) is 0 Å². The van der Waals surface area contributed by atoms with Gasteiger partial charge >= 0.3 is 0 Å². The highest BCUT2D eigenvalue weighted by molar-refractivity contribution is 5.19. The molecule has 15 heavy (non-hydrogen) atoms. The van der Waals surface area contributed by atoms with Crippen molar-refractivity contribution in [2.24, 2.45) is 5.41 Å². The van der Waals surface area contributed by atoms with Crippen LogP contribution in [0.1, 0.15) is 46.5 Å². The summed E-state index contributed by atoms with van der Waals surface area (Å²) < 4.78 is 12.6. The molecule has 0 aromatic rings. The molecule has 2 heteroatoms. The third kappa shape index (κ3) is 2.10. The Labute approximate surface area is 92.3 Å². The van der Waals surface area contributed by atoms with Gasteiger partial charge in [-0.3, -0.25) is 4.90 Å². The molecule has 2 aliphatic heterocycles. The third-order valence-electron chi connectivity index (χ3n) is 3.70. The lowest BCUT2D eigenvalue weighted by molar-refractivity contribution is 0.130. The lowest BCUT2D eigenvalue weighted by atomic mass is 9.77. The Hall–Kier alpha value is -0.370. The fourth-order valence-corrected chi connectivity index (χ4v) is 3.49. The Bertz CT molecular complexity index is 277. The van der Waals surface area contributed by atoms with Crippen molar-refractivity contribution >= 4 is 0 Å².